The van der Waals surface area contributed by atoms with Crippen molar-refractivity contribution in [3.05, 3.63) is 96.1 Å². The Morgan fingerprint density at radius 1 is 1.18 bits per heavy atom. The zero-order chi connectivity index (χ0) is 23.3. The van der Waals surface area contributed by atoms with Gasteiger partial charge in [0.2, 0.25) is 5.88 Å². The number of alkyl halides is 3. The van der Waals surface area contributed by atoms with Crippen molar-refractivity contribution in [2.45, 2.75) is 25.6 Å². The third kappa shape index (κ3) is 6.25. The van der Waals surface area contributed by atoms with E-state index in [1.807, 2.05) is 12.2 Å². The van der Waals surface area contributed by atoms with Gasteiger partial charge in [-0.2, -0.15) is 0 Å². The van der Waals surface area contributed by atoms with Crippen LogP contribution in [0.5, 0.6) is 5.75 Å². The Labute approximate surface area is 187 Å². The smallest absolute Gasteiger partial charge is 0.464 e. The monoisotopic (exact) mass is 456 g/mol. The highest BCUT2D eigenvalue weighted by Crippen LogP contribution is 2.27. The van der Waals surface area contributed by atoms with Crippen molar-refractivity contribution < 1.29 is 32.2 Å². The molecular weight excluding hydrogens is 437 g/mol. The van der Waals surface area contributed by atoms with E-state index in [0.29, 0.717) is 23.4 Å². The summed E-state index contributed by atoms with van der Waals surface area (Å²) >= 11 is 0. The number of carbonyl (C=O) groups is 1. The van der Waals surface area contributed by atoms with Crippen LogP contribution in [0.1, 0.15) is 29.6 Å². The third-order valence-corrected chi connectivity index (χ3v) is 4.74. The lowest BCUT2D eigenvalue weighted by Crippen LogP contribution is -2.25. The second-order valence-corrected chi connectivity index (χ2v) is 7.23. The van der Waals surface area contributed by atoms with E-state index in [4.69, 9.17) is 9.47 Å². The van der Waals surface area contributed by atoms with E-state index >= 15 is 0 Å². The number of benzene rings is 1. The summed E-state index contributed by atoms with van der Waals surface area (Å²) in [7, 11) is 0. The lowest BCUT2D eigenvalue weighted by atomic mass is 10.0. The zero-order valence-electron chi connectivity index (χ0n) is 17.3. The first-order chi connectivity index (χ1) is 15.9. The molecule has 0 spiro atoms. The summed E-state index contributed by atoms with van der Waals surface area (Å²) in [6.07, 6.45) is 7.91. The maximum atomic E-state index is 12.6. The molecule has 1 aliphatic carbocycles. The lowest BCUT2D eigenvalue weighted by Gasteiger charge is -2.18. The molecule has 1 N–H and O–H groups in total. The average molecular weight is 456 g/mol. The minimum absolute atomic E-state index is 0.144. The molecule has 0 fully saturated rings. The van der Waals surface area contributed by atoms with Crippen LogP contribution in [0.4, 0.5) is 13.2 Å². The Bertz CT molecular complexity index is 1150. The zero-order valence-corrected chi connectivity index (χ0v) is 17.3. The summed E-state index contributed by atoms with van der Waals surface area (Å²) in [6.45, 7) is 0. The first kappa shape index (κ1) is 22.2. The molecule has 0 atom stereocenters. The van der Waals surface area contributed by atoms with Crippen molar-refractivity contribution in [1.29, 1.82) is 0 Å². The number of hydrogen-bond acceptors (Lipinski definition) is 5. The number of nitrogens with one attached hydrogen (secondary N) is 1. The molecular formula is C24H19F3N2O4. The second-order valence-electron chi connectivity index (χ2n) is 7.23. The van der Waals surface area contributed by atoms with Crippen LogP contribution in [0.2, 0.25) is 0 Å². The molecule has 2 heterocycles. The van der Waals surface area contributed by atoms with Gasteiger partial charge in [-0.05, 0) is 37.1 Å². The van der Waals surface area contributed by atoms with Crippen molar-refractivity contribution in [2.24, 2.45) is 0 Å². The summed E-state index contributed by atoms with van der Waals surface area (Å²) in [5.41, 5.74) is 2.24. The number of aromatic nitrogens is 1. The summed E-state index contributed by atoms with van der Waals surface area (Å²) < 4.78 is 52.2. The van der Waals surface area contributed by atoms with Gasteiger partial charge in [-0.1, -0.05) is 35.9 Å². The van der Waals surface area contributed by atoms with Crippen LogP contribution in [-0.2, 0) is 9.47 Å². The fourth-order valence-corrected chi connectivity index (χ4v) is 3.25. The van der Waals surface area contributed by atoms with Gasteiger partial charge in [-0.15, -0.1) is 13.2 Å². The number of halogens is 3. The van der Waals surface area contributed by atoms with Crippen LogP contribution in [0.25, 0.3) is 11.3 Å². The van der Waals surface area contributed by atoms with Gasteiger partial charge in [0.15, 0.2) is 6.26 Å². The van der Waals surface area contributed by atoms with E-state index in [1.165, 1.54) is 54.6 Å². The fourth-order valence-electron chi connectivity index (χ4n) is 3.25. The molecule has 2 aromatic rings. The normalized spacial score (nSPS) is 15.4. The van der Waals surface area contributed by atoms with Gasteiger partial charge in [0.1, 0.15) is 17.8 Å². The molecule has 170 valence electrons. The largest absolute Gasteiger partial charge is 0.573 e. The molecule has 6 nitrogen and oxygen atoms in total. The molecule has 0 radical (unpaired) electrons. The third-order valence-electron chi connectivity index (χ3n) is 4.74. The first-order valence-corrected chi connectivity index (χ1v) is 10.1. The van der Waals surface area contributed by atoms with Crippen molar-refractivity contribution in [3.8, 4) is 17.0 Å². The number of allylic oxidation sites excluding steroid dienone is 4. The van der Waals surface area contributed by atoms with Gasteiger partial charge in [0.25, 0.3) is 5.91 Å². The predicted molar refractivity (Wildman–Crippen MR) is 113 cm³/mol. The number of ether oxygens (including phenoxy) is 3. The van der Waals surface area contributed by atoms with Crippen LogP contribution in [-0.4, -0.2) is 17.3 Å². The minimum Gasteiger partial charge on any atom is -0.464 e. The number of nitrogens with zero attached hydrogens (tertiary/aromatic N) is 1. The molecule has 0 unspecified atom stereocenters. The Balaban J connectivity index is 1.37. The molecule has 1 aromatic carbocycles. The minimum atomic E-state index is -4.78. The van der Waals surface area contributed by atoms with Crippen molar-refractivity contribution >= 4 is 5.91 Å². The SMILES string of the molecule is O=C(NC1=COC=C(CC2=CC=CCC2)O1)c1ccc(-c2cccc(OC(F)(F)F)c2)nc1. The van der Waals surface area contributed by atoms with Gasteiger partial charge in [0.05, 0.1) is 11.3 Å². The van der Waals surface area contributed by atoms with E-state index in [-0.39, 0.29) is 17.2 Å². The van der Waals surface area contributed by atoms with Crippen molar-refractivity contribution in [1.82, 2.24) is 10.3 Å². The Morgan fingerprint density at radius 3 is 2.79 bits per heavy atom. The quantitative estimate of drug-likeness (QED) is 0.601. The van der Waals surface area contributed by atoms with Crippen LogP contribution in [0.15, 0.2) is 90.6 Å². The van der Waals surface area contributed by atoms with Gasteiger partial charge in [-0.3, -0.25) is 15.1 Å². The van der Waals surface area contributed by atoms with Crippen LogP contribution >= 0.6 is 0 Å². The molecule has 33 heavy (non-hydrogen) atoms. The Kier molecular flexibility index (Phi) is 6.48. The molecule has 1 amide bonds. The van der Waals surface area contributed by atoms with Gasteiger partial charge < -0.3 is 14.2 Å². The highest BCUT2D eigenvalue weighted by molar-refractivity contribution is 5.95. The lowest BCUT2D eigenvalue weighted by molar-refractivity contribution is -0.274. The second kappa shape index (κ2) is 9.64. The summed E-state index contributed by atoms with van der Waals surface area (Å²) in [4.78, 5) is 16.7. The number of amides is 1. The molecule has 0 saturated carbocycles. The fraction of sp³-hybridized carbons (Fsp3) is 0.167. The average Bonchev–Trinajstić information content (AvgIpc) is 2.79. The highest BCUT2D eigenvalue weighted by Gasteiger charge is 2.31. The summed E-state index contributed by atoms with van der Waals surface area (Å²) in [6, 6.07) is 8.48. The Hall–Kier alpha value is -4.01. The maximum absolute atomic E-state index is 12.6. The van der Waals surface area contributed by atoms with Crippen molar-refractivity contribution in [2.75, 3.05) is 0 Å². The van der Waals surface area contributed by atoms with Gasteiger partial charge in [-0.25, -0.2) is 0 Å². The Morgan fingerprint density at radius 2 is 2.06 bits per heavy atom. The molecule has 1 aromatic heterocycles. The molecule has 1 aliphatic heterocycles. The summed E-state index contributed by atoms with van der Waals surface area (Å²) in [5, 5.41) is 2.61. The van der Waals surface area contributed by atoms with E-state index < -0.39 is 12.3 Å². The molecule has 0 bridgehead atoms. The number of pyridine rings is 1. The highest BCUT2D eigenvalue weighted by atomic mass is 19.4. The topological polar surface area (TPSA) is 69.7 Å². The van der Waals surface area contributed by atoms with Gasteiger partial charge in [0, 0.05) is 18.2 Å². The van der Waals surface area contributed by atoms with Crippen LogP contribution in [0.3, 0.4) is 0 Å². The van der Waals surface area contributed by atoms with E-state index in [0.717, 1.165) is 12.8 Å². The molecule has 9 heteroatoms. The molecule has 2 aliphatic rings. The molecule has 0 saturated heterocycles. The number of rotatable bonds is 6. The molecule has 4 rings (SSSR count). The van der Waals surface area contributed by atoms with Crippen molar-refractivity contribution in [3.63, 3.8) is 0 Å². The van der Waals surface area contributed by atoms with E-state index in [9.17, 15) is 18.0 Å². The van der Waals surface area contributed by atoms with Crippen LogP contribution < -0.4 is 10.1 Å². The first-order valence-electron chi connectivity index (χ1n) is 10.1. The number of carbonyl (C=O) groups excluding carboxylic acids is 1. The number of hydrogen-bond donors (Lipinski definition) is 1. The summed E-state index contributed by atoms with van der Waals surface area (Å²) in [5.74, 6) is -0.109. The van der Waals surface area contributed by atoms with Crippen LogP contribution in [0, 0.1) is 0 Å². The standard InChI is InChI=1S/C24H19F3N2O4/c25-24(26,27)33-19-8-4-7-17(12-19)21-10-9-18(13-28-21)23(30)29-22-15-31-14-20(32-22)11-16-5-2-1-3-6-16/h1-2,4-5,7-10,12-15H,3,6,11H2,(H,29,30). The predicted octanol–water partition coefficient (Wildman–Crippen LogP) is 5.73. The van der Waals surface area contributed by atoms with E-state index in [2.05, 4.69) is 21.1 Å². The van der Waals surface area contributed by atoms with Gasteiger partial charge >= 0.3 is 6.36 Å². The maximum Gasteiger partial charge on any atom is 0.573 e. The van der Waals surface area contributed by atoms with E-state index in [1.54, 1.807) is 6.07 Å².